The predicted octanol–water partition coefficient (Wildman–Crippen LogP) is 3.82. The van der Waals surface area contributed by atoms with Gasteiger partial charge < -0.3 is 9.47 Å². The lowest BCUT2D eigenvalue weighted by atomic mass is 9.93. The van der Waals surface area contributed by atoms with Gasteiger partial charge in [0.15, 0.2) is 0 Å². The number of hydrogen-bond acceptors (Lipinski definition) is 5. The van der Waals surface area contributed by atoms with Crippen molar-refractivity contribution in [3.05, 3.63) is 78.1 Å². The van der Waals surface area contributed by atoms with E-state index in [2.05, 4.69) is 11.1 Å². The molecule has 2 unspecified atom stereocenters. The predicted molar refractivity (Wildman–Crippen MR) is 109 cm³/mol. The Kier molecular flexibility index (Phi) is 4.69. The van der Waals surface area contributed by atoms with E-state index in [0.29, 0.717) is 19.6 Å². The molecule has 29 heavy (non-hydrogen) atoms. The minimum atomic E-state index is -0.299. The van der Waals surface area contributed by atoms with Crippen LogP contribution in [0.2, 0.25) is 0 Å². The average molecular weight is 387 g/mol. The number of rotatable bonds is 3. The Morgan fingerprint density at radius 3 is 2.69 bits per heavy atom. The zero-order chi connectivity index (χ0) is 19.6. The third-order valence-corrected chi connectivity index (χ3v) is 5.39. The number of aromatic nitrogens is 2. The van der Waals surface area contributed by atoms with Crippen molar-refractivity contribution in [3.8, 4) is 0 Å². The summed E-state index contributed by atoms with van der Waals surface area (Å²) in [6.07, 6.45) is 4.25. The number of amides is 1. The maximum atomic E-state index is 12.8. The second-order valence-electron chi connectivity index (χ2n) is 7.35. The molecule has 2 aliphatic heterocycles. The second-order valence-corrected chi connectivity index (χ2v) is 7.35. The van der Waals surface area contributed by atoms with E-state index in [0.717, 1.165) is 27.9 Å². The number of para-hydroxylation sites is 2. The number of carbonyl (C=O) groups excluding carboxylic acids is 1. The van der Waals surface area contributed by atoms with Crippen molar-refractivity contribution < 1.29 is 14.3 Å². The molecule has 2 bridgehead atoms. The van der Waals surface area contributed by atoms with Crippen molar-refractivity contribution in [2.24, 2.45) is 0 Å². The van der Waals surface area contributed by atoms with Crippen LogP contribution in [0.15, 0.2) is 66.9 Å². The molecule has 0 spiro atoms. The summed E-state index contributed by atoms with van der Waals surface area (Å²) in [5.41, 5.74) is 4.69. The molecule has 6 heteroatoms. The first-order chi connectivity index (χ1) is 14.3. The molecule has 1 aromatic heterocycles. The van der Waals surface area contributed by atoms with Crippen LogP contribution in [0.3, 0.4) is 0 Å². The Balaban J connectivity index is 1.36. The fraction of sp³-hybridized carbons (Fsp3) is 0.261. The molecule has 2 aromatic carbocycles. The summed E-state index contributed by atoms with van der Waals surface area (Å²) in [5.74, 6) is 0. The van der Waals surface area contributed by atoms with Gasteiger partial charge in [0.1, 0.15) is 6.61 Å². The van der Waals surface area contributed by atoms with Gasteiger partial charge in [-0.1, -0.05) is 48.5 Å². The van der Waals surface area contributed by atoms with E-state index in [9.17, 15) is 4.79 Å². The molecule has 1 amide bonds. The molecular weight excluding hydrogens is 366 g/mol. The van der Waals surface area contributed by atoms with Crippen LogP contribution in [-0.4, -0.2) is 46.3 Å². The highest BCUT2D eigenvalue weighted by Crippen LogP contribution is 2.32. The van der Waals surface area contributed by atoms with Crippen molar-refractivity contribution in [1.82, 2.24) is 14.9 Å². The lowest BCUT2D eigenvalue weighted by molar-refractivity contribution is -0.0342. The van der Waals surface area contributed by atoms with Crippen molar-refractivity contribution in [2.45, 2.75) is 25.1 Å². The first-order valence-corrected chi connectivity index (χ1v) is 9.77. The van der Waals surface area contributed by atoms with E-state index < -0.39 is 0 Å². The molecule has 3 heterocycles. The van der Waals surface area contributed by atoms with Crippen LogP contribution in [0.25, 0.3) is 16.6 Å². The van der Waals surface area contributed by atoms with Gasteiger partial charge >= 0.3 is 6.09 Å². The lowest BCUT2D eigenvalue weighted by Gasteiger charge is -2.43. The van der Waals surface area contributed by atoms with E-state index in [-0.39, 0.29) is 24.8 Å². The number of morpholine rings is 1. The van der Waals surface area contributed by atoms with E-state index in [1.165, 1.54) is 0 Å². The average Bonchev–Trinajstić information content (AvgIpc) is 2.77. The third kappa shape index (κ3) is 3.59. The highest BCUT2D eigenvalue weighted by atomic mass is 16.6. The van der Waals surface area contributed by atoms with Gasteiger partial charge in [-0.3, -0.25) is 9.88 Å². The fourth-order valence-electron chi connectivity index (χ4n) is 3.98. The lowest BCUT2D eigenvalue weighted by Crippen LogP contribution is -2.56. The molecule has 2 atom stereocenters. The van der Waals surface area contributed by atoms with E-state index in [4.69, 9.17) is 14.5 Å². The van der Waals surface area contributed by atoms with Crippen LogP contribution < -0.4 is 0 Å². The van der Waals surface area contributed by atoms with Crippen LogP contribution in [0.4, 0.5) is 4.79 Å². The zero-order valence-corrected chi connectivity index (χ0v) is 15.9. The highest BCUT2D eigenvalue weighted by Gasteiger charge is 2.39. The van der Waals surface area contributed by atoms with Crippen LogP contribution in [-0.2, 0) is 16.1 Å². The van der Waals surface area contributed by atoms with Gasteiger partial charge in [-0.2, -0.15) is 0 Å². The Bertz CT molecular complexity index is 1070. The molecule has 5 rings (SSSR count). The molecular formula is C23H21N3O3. The number of ether oxygens (including phenoxy) is 2. The molecule has 146 valence electrons. The van der Waals surface area contributed by atoms with Gasteiger partial charge in [-0.05, 0) is 29.7 Å². The molecule has 0 N–H and O–H groups in total. The van der Waals surface area contributed by atoms with Gasteiger partial charge in [0, 0.05) is 0 Å². The largest absolute Gasteiger partial charge is 0.445 e. The minimum absolute atomic E-state index is 0.0645. The molecule has 2 aliphatic rings. The van der Waals surface area contributed by atoms with Gasteiger partial charge in [-0.15, -0.1) is 0 Å². The standard InChI is InChI=1S/C23H21N3O3/c27-23(29-13-16-6-2-1-3-7-16)26-18-10-17(11-19(26)15-28-14-18)22-12-24-20-8-4-5-9-21(20)25-22/h1-10,12,18-19H,11,13-15H2. The fourth-order valence-corrected chi connectivity index (χ4v) is 3.98. The zero-order valence-electron chi connectivity index (χ0n) is 15.9. The van der Waals surface area contributed by atoms with Gasteiger partial charge in [0.05, 0.1) is 48.2 Å². The maximum absolute atomic E-state index is 12.8. The first-order valence-electron chi connectivity index (χ1n) is 9.77. The third-order valence-electron chi connectivity index (χ3n) is 5.39. The van der Waals surface area contributed by atoms with Crippen molar-refractivity contribution in [1.29, 1.82) is 0 Å². The summed E-state index contributed by atoms with van der Waals surface area (Å²) >= 11 is 0. The SMILES string of the molecule is O=C(OCc1ccccc1)N1C2C=C(c3cnc4ccccc4n3)CC1COC2. The van der Waals surface area contributed by atoms with E-state index in [1.54, 1.807) is 0 Å². The summed E-state index contributed by atoms with van der Waals surface area (Å²) in [7, 11) is 0. The molecule has 6 nitrogen and oxygen atoms in total. The van der Waals surface area contributed by atoms with E-state index >= 15 is 0 Å². The van der Waals surface area contributed by atoms with Crippen LogP contribution in [0.1, 0.15) is 17.7 Å². The van der Waals surface area contributed by atoms with Crippen LogP contribution in [0.5, 0.6) is 0 Å². The molecule has 1 fully saturated rings. The summed E-state index contributed by atoms with van der Waals surface area (Å²) in [4.78, 5) is 23.9. The van der Waals surface area contributed by atoms with E-state index in [1.807, 2.05) is 65.7 Å². The van der Waals surface area contributed by atoms with Crippen molar-refractivity contribution in [2.75, 3.05) is 13.2 Å². The molecule has 0 saturated carbocycles. The number of benzene rings is 2. The molecule has 3 aromatic rings. The normalized spacial score (nSPS) is 21.0. The molecule has 0 radical (unpaired) electrons. The quantitative estimate of drug-likeness (QED) is 0.684. The van der Waals surface area contributed by atoms with Gasteiger partial charge in [0.25, 0.3) is 0 Å². The van der Waals surface area contributed by atoms with Gasteiger partial charge in [-0.25, -0.2) is 9.78 Å². The van der Waals surface area contributed by atoms with Gasteiger partial charge in [0.2, 0.25) is 0 Å². The monoisotopic (exact) mass is 387 g/mol. The minimum Gasteiger partial charge on any atom is -0.445 e. The highest BCUT2D eigenvalue weighted by molar-refractivity contribution is 5.78. The van der Waals surface area contributed by atoms with Crippen LogP contribution >= 0.6 is 0 Å². The smallest absolute Gasteiger partial charge is 0.411 e. The number of carbonyl (C=O) groups is 1. The topological polar surface area (TPSA) is 64.5 Å². The summed E-state index contributed by atoms with van der Waals surface area (Å²) in [5, 5.41) is 0. The summed E-state index contributed by atoms with van der Waals surface area (Å²) in [6.45, 7) is 1.22. The number of nitrogens with zero attached hydrogens (tertiary/aromatic N) is 3. The van der Waals surface area contributed by atoms with Crippen LogP contribution in [0, 0.1) is 0 Å². The summed E-state index contributed by atoms with van der Waals surface area (Å²) in [6, 6.07) is 17.3. The van der Waals surface area contributed by atoms with Crippen molar-refractivity contribution in [3.63, 3.8) is 0 Å². The molecule has 0 aliphatic carbocycles. The Morgan fingerprint density at radius 1 is 1.07 bits per heavy atom. The Morgan fingerprint density at radius 2 is 1.86 bits per heavy atom. The number of hydrogen-bond donors (Lipinski definition) is 0. The molecule has 1 saturated heterocycles. The number of fused-ring (bicyclic) bond motifs is 3. The Hall–Kier alpha value is -3.25. The second kappa shape index (κ2) is 7.64. The van der Waals surface area contributed by atoms with Crippen molar-refractivity contribution >= 4 is 22.7 Å². The first kappa shape index (κ1) is 17.8. The summed E-state index contributed by atoms with van der Waals surface area (Å²) < 4.78 is 11.3. The maximum Gasteiger partial charge on any atom is 0.411 e. The Labute approximate surface area is 168 Å².